The Balaban J connectivity index is 2.29. The van der Waals surface area contributed by atoms with Gasteiger partial charge in [0.2, 0.25) is 0 Å². The Labute approximate surface area is 122 Å². The Morgan fingerprint density at radius 1 is 1.24 bits per heavy atom. The molecule has 108 valence electrons. The second-order valence-electron chi connectivity index (χ2n) is 4.82. The fourth-order valence-corrected chi connectivity index (χ4v) is 2.48. The van der Waals surface area contributed by atoms with Gasteiger partial charge < -0.3 is 10.2 Å². The highest BCUT2D eigenvalue weighted by Gasteiger charge is 2.22. The molecule has 0 spiro atoms. The van der Waals surface area contributed by atoms with Crippen LogP contribution in [-0.4, -0.2) is 9.78 Å². The van der Waals surface area contributed by atoms with Gasteiger partial charge in [0, 0.05) is 24.6 Å². The van der Waals surface area contributed by atoms with Crippen LogP contribution in [0.3, 0.4) is 0 Å². The Morgan fingerprint density at radius 3 is 2.71 bits per heavy atom. The van der Waals surface area contributed by atoms with Crippen molar-refractivity contribution in [3.63, 3.8) is 0 Å². The Kier molecular flexibility index (Phi) is 3.25. The summed E-state index contributed by atoms with van der Waals surface area (Å²) in [4.78, 5) is 0. The van der Waals surface area contributed by atoms with Gasteiger partial charge in [-0.25, -0.2) is 4.39 Å². The summed E-state index contributed by atoms with van der Waals surface area (Å²) in [5.41, 5.74) is 8.65. The van der Waals surface area contributed by atoms with E-state index < -0.39 is 0 Å². The molecule has 0 unspecified atom stereocenters. The lowest BCUT2D eigenvalue weighted by molar-refractivity contribution is 0.517. The topological polar surface area (TPSA) is 57.0 Å². The summed E-state index contributed by atoms with van der Waals surface area (Å²) < 4.78 is 21.2. The third kappa shape index (κ3) is 2.11. The molecule has 4 nitrogen and oxygen atoms in total. The number of benzene rings is 1. The van der Waals surface area contributed by atoms with Gasteiger partial charge in [0.1, 0.15) is 23.1 Å². The molecule has 0 atom stereocenters. The van der Waals surface area contributed by atoms with Crippen LogP contribution in [0.25, 0.3) is 22.4 Å². The van der Waals surface area contributed by atoms with Crippen LogP contribution in [0.15, 0.2) is 41.0 Å². The fourth-order valence-electron chi connectivity index (χ4n) is 2.48. The average molecular weight is 285 g/mol. The number of nitrogens with zero attached hydrogens (tertiary/aromatic N) is 2. The van der Waals surface area contributed by atoms with Crippen LogP contribution in [0.5, 0.6) is 0 Å². The number of hydrogen-bond acceptors (Lipinski definition) is 3. The highest BCUT2D eigenvalue weighted by Crippen LogP contribution is 2.38. The van der Waals surface area contributed by atoms with Gasteiger partial charge in [-0.05, 0) is 12.1 Å². The van der Waals surface area contributed by atoms with Gasteiger partial charge >= 0.3 is 0 Å². The number of furan rings is 1. The van der Waals surface area contributed by atoms with E-state index >= 15 is 0 Å². The first-order valence-corrected chi connectivity index (χ1v) is 6.77. The van der Waals surface area contributed by atoms with Crippen LogP contribution in [0.1, 0.15) is 12.7 Å². The van der Waals surface area contributed by atoms with Gasteiger partial charge in [-0.2, -0.15) is 5.10 Å². The van der Waals surface area contributed by atoms with Gasteiger partial charge in [0.25, 0.3) is 0 Å². The van der Waals surface area contributed by atoms with Crippen molar-refractivity contribution in [2.45, 2.75) is 13.3 Å². The molecule has 3 aromatic rings. The number of aryl methyl sites for hydroxylation is 2. The lowest BCUT2D eigenvalue weighted by Crippen LogP contribution is -1.98. The van der Waals surface area contributed by atoms with Crippen molar-refractivity contribution in [2.24, 2.45) is 7.05 Å². The number of anilines is 1. The summed E-state index contributed by atoms with van der Waals surface area (Å²) >= 11 is 0. The molecule has 0 saturated carbocycles. The van der Waals surface area contributed by atoms with Crippen LogP contribution >= 0.6 is 0 Å². The van der Waals surface area contributed by atoms with E-state index in [4.69, 9.17) is 10.2 Å². The minimum absolute atomic E-state index is 0.319. The smallest absolute Gasteiger partial charge is 0.131 e. The van der Waals surface area contributed by atoms with E-state index in [0.29, 0.717) is 22.6 Å². The molecular weight excluding hydrogens is 269 g/mol. The van der Waals surface area contributed by atoms with E-state index in [2.05, 4.69) is 5.10 Å². The first-order chi connectivity index (χ1) is 10.1. The molecule has 0 fully saturated rings. The molecule has 21 heavy (non-hydrogen) atoms. The second kappa shape index (κ2) is 5.09. The summed E-state index contributed by atoms with van der Waals surface area (Å²) in [7, 11) is 1.74. The van der Waals surface area contributed by atoms with Gasteiger partial charge in [-0.1, -0.05) is 25.1 Å². The predicted octanol–water partition coefficient (Wildman–Crippen LogP) is 3.63. The number of nitrogens with two attached hydrogens (primary N) is 1. The summed E-state index contributed by atoms with van der Waals surface area (Å²) in [6.45, 7) is 2.00. The summed E-state index contributed by atoms with van der Waals surface area (Å²) in [6.07, 6.45) is 2.35. The number of halogens is 1. The van der Waals surface area contributed by atoms with Gasteiger partial charge in [-0.15, -0.1) is 0 Å². The molecule has 5 heteroatoms. The van der Waals surface area contributed by atoms with E-state index in [1.165, 1.54) is 6.07 Å². The van der Waals surface area contributed by atoms with Gasteiger partial charge in [0.05, 0.1) is 11.8 Å². The lowest BCUT2D eigenvalue weighted by Gasteiger charge is -2.05. The van der Waals surface area contributed by atoms with E-state index in [9.17, 15) is 4.39 Å². The number of nitrogen functional groups attached to an aromatic ring is 1. The number of aromatic nitrogens is 2. The average Bonchev–Trinajstić information content (AvgIpc) is 3.05. The van der Waals surface area contributed by atoms with Crippen LogP contribution < -0.4 is 5.73 Å². The van der Waals surface area contributed by atoms with Crippen LogP contribution in [0, 0.1) is 5.82 Å². The normalized spacial score (nSPS) is 11.0. The summed E-state index contributed by atoms with van der Waals surface area (Å²) in [6, 6.07) is 8.40. The monoisotopic (exact) mass is 285 g/mol. The molecule has 2 N–H and O–H groups in total. The van der Waals surface area contributed by atoms with Crippen molar-refractivity contribution in [3.8, 4) is 22.4 Å². The molecule has 2 aromatic heterocycles. The maximum absolute atomic E-state index is 14.2. The van der Waals surface area contributed by atoms with Crippen LogP contribution in [-0.2, 0) is 13.5 Å². The van der Waals surface area contributed by atoms with E-state index in [-0.39, 0.29) is 5.82 Å². The quantitative estimate of drug-likeness (QED) is 0.799. The van der Waals surface area contributed by atoms with Crippen molar-refractivity contribution in [1.82, 2.24) is 9.78 Å². The fraction of sp³-hybridized carbons (Fsp3) is 0.188. The largest absolute Gasteiger partial charge is 0.469 e. The van der Waals surface area contributed by atoms with Crippen LogP contribution in [0.4, 0.5) is 10.2 Å². The van der Waals surface area contributed by atoms with Crippen molar-refractivity contribution in [1.29, 1.82) is 0 Å². The third-order valence-electron chi connectivity index (χ3n) is 3.56. The zero-order valence-electron chi connectivity index (χ0n) is 11.9. The van der Waals surface area contributed by atoms with Gasteiger partial charge in [-0.3, -0.25) is 4.68 Å². The molecule has 0 radical (unpaired) electrons. The number of rotatable bonds is 3. The molecule has 1 aromatic carbocycles. The van der Waals surface area contributed by atoms with Crippen molar-refractivity contribution in [2.75, 3.05) is 5.73 Å². The Hall–Kier alpha value is -2.56. The standard InChI is InChI=1S/C16H16FN3O/c1-3-13-11(8-9-21-13)15-14(16(18)20(2)19-15)10-6-4-5-7-12(10)17/h4-9H,3,18H2,1-2H3. The first kappa shape index (κ1) is 13.4. The highest BCUT2D eigenvalue weighted by molar-refractivity contribution is 5.88. The second-order valence-corrected chi connectivity index (χ2v) is 4.82. The molecule has 0 aliphatic carbocycles. The SMILES string of the molecule is CCc1occc1-c1nn(C)c(N)c1-c1ccccc1F. The molecule has 0 saturated heterocycles. The Morgan fingerprint density at radius 2 is 2.00 bits per heavy atom. The summed E-state index contributed by atoms with van der Waals surface area (Å²) in [5.74, 6) is 0.920. The van der Waals surface area contributed by atoms with E-state index in [1.54, 1.807) is 36.2 Å². The van der Waals surface area contributed by atoms with Crippen molar-refractivity contribution >= 4 is 5.82 Å². The van der Waals surface area contributed by atoms with Crippen LogP contribution in [0.2, 0.25) is 0 Å². The van der Waals surface area contributed by atoms with Crippen molar-refractivity contribution in [3.05, 3.63) is 48.2 Å². The zero-order valence-corrected chi connectivity index (χ0v) is 11.9. The molecule has 2 heterocycles. The Bertz CT molecular complexity index is 789. The van der Waals surface area contributed by atoms with Crippen molar-refractivity contribution < 1.29 is 8.81 Å². The number of hydrogen-bond donors (Lipinski definition) is 1. The highest BCUT2D eigenvalue weighted by atomic mass is 19.1. The molecule has 0 bridgehead atoms. The molecule has 0 aliphatic rings. The van der Waals surface area contributed by atoms with E-state index in [1.807, 2.05) is 13.0 Å². The van der Waals surface area contributed by atoms with E-state index in [0.717, 1.165) is 17.7 Å². The maximum Gasteiger partial charge on any atom is 0.131 e. The lowest BCUT2D eigenvalue weighted by atomic mass is 10.00. The molecule has 3 rings (SSSR count). The molecule has 0 aliphatic heterocycles. The first-order valence-electron chi connectivity index (χ1n) is 6.77. The minimum atomic E-state index is -0.319. The molecule has 0 amide bonds. The molecular formula is C16H16FN3O. The minimum Gasteiger partial charge on any atom is -0.469 e. The maximum atomic E-state index is 14.2. The predicted molar refractivity (Wildman–Crippen MR) is 80.1 cm³/mol. The third-order valence-corrected chi connectivity index (χ3v) is 3.56. The zero-order chi connectivity index (χ0) is 15.0. The van der Waals surface area contributed by atoms with Gasteiger partial charge in [0.15, 0.2) is 0 Å². The summed E-state index contributed by atoms with van der Waals surface area (Å²) in [5, 5.41) is 4.44.